The fourth-order valence-electron chi connectivity index (χ4n) is 2.81. The molecule has 1 amide bonds. The van der Waals surface area contributed by atoms with Gasteiger partial charge < -0.3 is 20.1 Å². The van der Waals surface area contributed by atoms with Crippen LogP contribution in [-0.2, 0) is 4.74 Å². The minimum absolute atomic E-state index is 0.101. The lowest BCUT2D eigenvalue weighted by atomic mass is 10.2. The molecule has 2 aliphatic heterocycles. The lowest BCUT2D eigenvalue weighted by molar-refractivity contribution is 0.145. The van der Waals surface area contributed by atoms with Crippen molar-refractivity contribution in [2.45, 2.75) is 6.10 Å². The Hall–Kier alpha value is -2.64. The summed E-state index contributed by atoms with van der Waals surface area (Å²) in [6.45, 7) is 3.80. The molecule has 0 saturated carbocycles. The van der Waals surface area contributed by atoms with Gasteiger partial charge in [0.05, 0.1) is 24.5 Å². The molecule has 9 nitrogen and oxygen atoms in total. The van der Waals surface area contributed by atoms with Crippen molar-refractivity contribution in [1.82, 2.24) is 5.32 Å². The molecule has 1 aromatic carbocycles. The summed E-state index contributed by atoms with van der Waals surface area (Å²) < 4.78 is 5.14. The van der Waals surface area contributed by atoms with E-state index in [2.05, 4.69) is 20.2 Å². The van der Waals surface area contributed by atoms with Gasteiger partial charge in [0, 0.05) is 37.2 Å². The van der Waals surface area contributed by atoms with Crippen molar-refractivity contribution in [2.75, 3.05) is 49.1 Å². The molecule has 9 heteroatoms. The van der Waals surface area contributed by atoms with Crippen molar-refractivity contribution in [2.24, 2.45) is 5.11 Å². The smallest absolute Gasteiger partial charge is 0.414 e. The third-order valence-corrected chi connectivity index (χ3v) is 3.95. The van der Waals surface area contributed by atoms with Crippen molar-refractivity contribution in [1.29, 1.82) is 0 Å². The Morgan fingerprint density at radius 3 is 2.91 bits per heavy atom. The van der Waals surface area contributed by atoms with Crippen LogP contribution in [0.4, 0.5) is 16.2 Å². The van der Waals surface area contributed by atoms with Gasteiger partial charge in [0.15, 0.2) is 0 Å². The summed E-state index contributed by atoms with van der Waals surface area (Å²) in [5.74, 6) is 0.135. The number of ether oxygens (including phenoxy) is 1. The quantitative estimate of drug-likeness (QED) is 0.495. The van der Waals surface area contributed by atoms with E-state index in [4.69, 9.17) is 10.3 Å². The summed E-state index contributed by atoms with van der Waals surface area (Å²) in [7, 11) is 0. The van der Waals surface area contributed by atoms with E-state index in [1.807, 2.05) is 6.07 Å². The molecule has 122 valence electrons. The van der Waals surface area contributed by atoms with Gasteiger partial charge in [0.2, 0.25) is 0 Å². The van der Waals surface area contributed by atoms with Crippen molar-refractivity contribution < 1.29 is 14.6 Å². The van der Waals surface area contributed by atoms with Crippen LogP contribution in [0, 0.1) is 0 Å². The van der Waals surface area contributed by atoms with Crippen LogP contribution in [0.2, 0.25) is 0 Å². The Morgan fingerprint density at radius 1 is 1.43 bits per heavy atom. The Morgan fingerprint density at radius 2 is 2.22 bits per heavy atom. The molecule has 0 spiro atoms. The second-order valence-corrected chi connectivity index (χ2v) is 5.44. The molecule has 0 unspecified atom stereocenters. The number of phenolic OH excluding ortho intramolecular Hbond substituents is 1. The topological polar surface area (TPSA) is 114 Å². The minimum Gasteiger partial charge on any atom is -0.506 e. The van der Waals surface area contributed by atoms with Crippen molar-refractivity contribution >= 4 is 17.5 Å². The number of hydrogen-bond acceptors (Lipinski definition) is 6. The molecule has 3 rings (SSSR count). The molecule has 2 aliphatic rings. The minimum atomic E-state index is -0.502. The van der Waals surface area contributed by atoms with Crippen LogP contribution < -0.4 is 15.1 Å². The Kier molecular flexibility index (Phi) is 4.40. The van der Waals surface area contributed by atoms with Gasteiger partial charge >= 0.3 is 6.09 Å². The van der Waals surface area contributed by atoms with Gasteiger partial charge in [-0.1, -0.05) is 5.11 Å². The van der Waals surface area contributed by atoms with Crippen LogP contribution in [0.1, 0.15) is 0 Å². The maximum atomic E-state index is 11.9. The zero-order valence-electron chi connectivity index (χ0n) is 12.6. The first kappa shape index (κ1) is 15.3. The highest BCUT2D eigenvalue weighted by molar-refractivity contribution is 5.90. The number of benzene rings is 1. The number of rotatable bonds is 4. The number of hydrogen-bond donors (Lipinski definition) is 2. The van der Waals surface area contributed by atoms with Crippen LogP contribution in [0.25, 0.3) is 10.4 Å². The van der Waals surface area contributed by atoms with E-state index < -0.39 is 12.2 Å². The van der Waals surface area contributed by atoms with Gasteiger partial charge in [-0.3, -0.25) is 4.90 Å². The van der Waals surface area contributed by atoms with E-state index in [-0.39, 0.29) is 12.3 Å². The summed E-state index contributed by atoms with van der Waals surface area (Å²) in [5.41, 5.74) is 9.65. The van der Waals surface area contributed by atoms with Gasteiger partial charge in [-0.25, -0.2) is 4.79 Å². The zero-order chi connectivity index (χ0) is 16.2. The fourth-order valence-corrected chi connectivity index (χ4v) is 2.81. The Labute approximate surface area is 133 Å². The molecular weight excluding hydrogens is 300 g/mol. The lowest BCUT2D eigenvalue weighted by Crippen LogP contribution is -2.43. The number of amides is 1. The van der Waals surface area contributed by atoms with E-state index in [1.165, 1.54) is 4.90 Å². The average molecular weight is 318 g/mol. The molecule has 2 heterocycles. The number of carbonyl (C=O) groups excluding carboxylic acids is 1. The number of aromatic hydroxyl groups is 1. The molecule has 0 aromatic heterocycles. The molecule has 0 aliphatic carbocycles. The maximum Gasteiger partial charge on any atom is 0.414 e. The number of phenols is 1. The number of piperazine rings is 1. The summed E-state index contributed by atoms with van der Waals surface area (Å²) in [6, 6.07) is 5.16. The van der Waals surface area contributed by atoms with E-state index >= 15 is 0 Å². The third kappa shape index (κ3) is 3.25. The summed E-state index contributed by atoms with van der Waals surface area (Å²) in [6.07, 6.45) is -0.967. The highest BCUT2D eigenvalue weighted by atomic mass is 16.6. The van der Waals surface area contributed by atoms with Gasteiger partial charge in [-0.05, 0) is 17.7 Å². The number of nitrogens with zero attached hydrogens (tertiary/aromatic N) is 5. The van der Waals surface area contributed by atoms with Crippen LogP contribution in [0.5, 0.6) is 5.75 Å². The van der Waals surface area contributed by atoms with Crippen LogP contribution >= 0.6 is 0 Å². The molecule has 1 aromatic rings. The largest absolute Gasteiger partial charge is 0.506 e. The zero-order valence-corrected chi connectivity index (χ0v) is 12.6. The summed E-state index contributed by atoms with van der Waals surface area (Å²) in [4.78, 5) is 18.1. The van der Waals surface area contributed by atoms with Gasteiger partial charge in [-0.2, -0.15) is 0 Å². The predicted molar refractivity (Wildman–Crippen MR) is 84.8 cm³/mol. The van der Waals surface area contributed by atoms with E-state index in [0.29, 0.717) is 12.2 Å². The monoisotopic (exact) mass is 318 g/mol. The number of nitrogens with one attached hydrogen (secondary N) is 1. The standard InChI is InChI=1S/C14H18N6O3/c15-18-17-8-11-9-20(14(22)23-11)10-1-2-12(13(21)7-10)19-5-3-16-4-6-19/h1-2,7,11,16,21H,3-6,8-9H2/t11-/m0/s1. The van der Waals surface area contributed by atoms with E-state index in [0.717, 1.165) is 31.9 Å². The number of azide groups is 1. The molecule has 0 bridgehead atoms. The first-order chi connectivity index (χ1) is 11.2. The third-order valence-electron chi connectivity index (χ3n) is 3.95. The van der Waals surface area contributed by atoms with Gasteiger partial charge in [-0.15, -0.1) is 0 Å². The van der Waals surface area contributed by atoms with E-state index in [1.54, 1.807) is 12.1 Å². The van der Waals surface area contributed by atoms with Gasteiger partial charge in [0.25, 0.3) is 0 Å². The van der Waals surface area contributed by atoms with Crippen molar-refractivity contribution in [3.8, 4) is 5.75 Å². The average Bonchev–Trinajstić information content (AvgIpc) is 2.94. The highest BCUT2D eigenvalue weighted by Gasteiger charge is 2.32. The molecule has 2 N–H and O–H groups in total. The number of anilines is 2. The Bertz CT molecular complexity index is 639. The summed E-state index contributed by atoms with van der Waals surface area (Å²) >= 11 is 0. The van der Waals surface area contributed by atoms with Crippen LogP contribution in [0.15, 0.2) is 23.3 Å². The molecule has 1 atom stereocenters. The highest BCUT2D eigenvalue weighted by Crippen LogP contribution is 2.33. The molecular formula is C14H18N6O3. The SMILES string of the molecule is [N-]=[N+]=NC[C@H]1CN(c2ccc(N3CCNCC3)c(O)c2)C(=O)O1. The maximum absolute atomic E-state index is 11.9. The summed E-state index contributed by atoms with van der Waals surface area (Å²) in [5, 5.41) is 17.0. The second-order valence-electron chi connectivity index (χ2n) is 5.44. The first-order valence-electron chi connectivity index (χ1n) is 7.46. The predicted octanol–water partition coefficient (Wildman–Crippen LogP) is 1.44. The number of cyclic esters (lactones) is 1. The van der Waals surface area contributed by atoms with E-state index in [9.17, 15) is 9.90 Å². The fraction of sp³-hybridized carbons (Fsp3) is 0.500. The normalized spacial score (nSPS) is 21.0. The molecule has 0 radical (unpaired) electrons. The molecule has 23 heavy (non-hydrogen) atoms. The lowest BCUT2D eigenvalue weighted by Gasteiger charge is -2.30. The van der Waals surface area contributed by atoms with Gasteiger partial charge in [0.1, 0.15) is 11.9 Å². The van der Waals surface area contributed by atoms with Crippen molar-refractivity contribution in [3.05, 3.63) is 28.6 Å². The molecule has 2 fully saturated rings. The van der Waals surface area contributed by atoms with Crippen LogP contribution in [0.3, 0.4) is 0 Å². The van der Waals surface area contributed by atoms with Crippen LogP contribution in [-0.4, -0.2) is 56.6 Å². The Balaban J connectivity index is 1.74. The van der Waals surface area contributed by atoms with Crippen molar-refractivity contribution in [3.63, 3.8) is 0 Å². The second kappa shape index (κ2) is 6.64. The first-order valence-corrected chi connectivity index (χ1v) is 7.46. The number of carbonyl (C=O) groups is 1. The molecule has 2 saturated heterocycles.